The smallest absolute Gasteiger partial charge is 0.0777 e. The number of pyridine rings is 1. The Morgan fingerprint density at radius 2 is 2.39 bits per heavy atom. The van der Waals surface area contributed by atoms with Crippen LogP contribution in [0.3, 0.4) is 0 Å². The second kappa shape index (κ2) is 5.78. The first-order valence-corrected chi connectivity index (χ1v) is 6.59. The molecule has 1 aromatic heterocycles. The Morgan fingerprint density at radius 3 is 3.00 bits per heavy atom. The van der Waals surface area contributed by atoms with Crippen molar-refractivity contribution in [3.63, 3.8) is 0 Å². The van der Waals surface area contributed by atoms with E-state index < -0.39 is 0 Å². The van der Waals surface area contributed by atoms with Gasteiger partial charge in [0.1, 0.15) is 0 Å². The van der Waals surface area contributed by atoms with Crippen molar-refractivity contribution in [3.05, 3.63) is 30.1 Å². The monoisotopic (exact) mass is 249 g/mol. The molecule has 0 amide bonds. The van der Waals surface area contributed by atoms with E-state index in [0.717, 1.165) is 31.6 Å². The summed E-state index contributed by atoms with van der Waals surface area (Å²) >= 11 is 0. The SMILES string of the molecule is COC1(C)CCCN(C(CN)c2ccccn2)C1. The number of aromatic nitrogens is 1. The van der Waals surface area contributed by atoms with Gasteiger partial charge in [0.15, 0.2) is 0 Å². The molecule has 100 valence electrons. The molecule has 0 radical (unpaired) electrons. The fourth-order valence-electron chi connectivity index (χ4n) is 2.71. The van der Waals surface area contributed by atoms with Crippen LogP contribution in [0.4, 0.5) is 0 Å². The molecule has 2 atom stereocenters. The number of nitrogens with zero attached hydrogens (tertiary/aromatic N) is 2. The summed E-state index contributed by atoms with van der Waals surface area (Å²) in [6.07, 6.45) is 4.09. The number of methoxy groups -OCH3 is 1. The van der Waals surface area contributed by atoms with Crippen LogP contribution in [0.15, 0.2) is 24.4 Å². The number of likely N-dealkylation sites (tertiary alicyclic amines) is 1. The molecule has 0 aliphatic carbocycles. The molecule has 2 heterocycles. The third-order valence-electron chi connectivity index (χ3n) is 3.87. The fourth-order valence-corrected chi connectivity index (χ4v) is 2.71. The van der Waals surface area contributed by atoms with Crippen LogP contribution in [0.1, 0.15) is 31.5 Å². The molecule has 0 bridgehead atoms. The highest BCUT2D eigenvalue weighted by atomic mass is 16.5. The Labute approximate surface area is 109 Å². The van der Waals surface area contributed by atoms with E-state index in [-0.39, 0.29) is 11.6 Å². The topological polar surface area (TPSA) is 51.4 Å². The van der Waals surface area contributed by atoms with Gasteiger partial charge in [0.25, 0.3) is 0 Å². The minimum absolute atomic E-state index is 0.0551. The predicted molar refractivity (Wildman–Crippen MR) is 72.3 cm³/mol. The standard InChI is InChI=1S/C14H23N3O/c1-14(18-2)7-5-9-17(11-14)13(10-15)12-6-3-4-8-16-12/h3-4,6,8,13H,5,7,9-11,15H2,1-2H3. The molecule has 2 rings (SSSR count). The van der Waals surface area contributed by atoms with Crippen LogP contribution < -0.4 is 5.73 Å². The van der Waals surface area contributed by atoms with Crippen LogP contribution in [0.25, 0.3) is 0 Å². The highest BCUT2D eigenvalue weighted by molar-refractivity contribution is 5.10. The predicted octanol–water partition coefficient (Wildman–Crippen LogP) is 1.58. The molecule has 2 N–H and O–H groups in total. The third kappa shape index (κ3) is 2.88. The molecule has 1 aliphatic heterocycles. The second-order valence-corrected chi connectivity index (χ2v) is 5.23. The maximum atomic E-state index is 5.94. The van der Waals surface area contributed by atoms with E-state index in [9.17, 15) is 0 Å². The molecular weight excluding hydrogens is 226 g/mol. The van der Waals surface area contributed by atoms with Gasteiger partial charge in [-0.15, -0.1) is 0 Å². The molecule has 2 unspecified atom stereocenters. The number of ether oxygens (including phenoxy) is 1. The minimum Gasteiger partial charge on any atom is -0.377 e. The van der Waals surface area contributed by atoms with Crippen molar-refractivity contribution in [1.82, 2.24) is 9.88 Å². The first-order chi connectivity index (χ1) is 8.68. The molecule has 1 aromatic rings. The summed E-state index contributed by atoms with van der Waals surface area (Å²) in [6, 6.07) is 6.20. The van der Waals surface area contributed by atoms with Crippen LogP contribution in [-0.4, -0.2) is 42.2 Å². The zero-order chi connectivity index (χ0) is 13.0. The van der Waals surface area contributed by atoms with Crippen molar-refractivity contribution in [1.29, 1.82) is 0 Å². The van der Waals surface area contributed by atoms with E-state index in [4.69, 9.17) is 10.5 Å². The number of rotatable bonds is 4. The normalized spacial score (nSPS) is 27.1. The van der Waals surface area contributed by atoms with Crippen LogP contribution >= 0.6 is 0 Å². The Hall–Kier alpha value is -0.970. The first-order valence-electron chi connectivity index (χ1n) is 6.59. The summed E-state index contributed by atoms with van der Waals surface area (Å²) in [4.78, 5) is 6.83. The van der Waals surface area contributed by atoms with Crippen molar-refractivity contribution in [2.24, 2.45) is 5.73 Å². The summed E-state index contributed by atoms with van der Waals surface area (Å²) in [5.41, 5.74) is 6.94. The zero-order valence-corrected chi connectivity index (χ0v) is 11.3. The lowest BCUT2D eigenvalue weighted by Gasteiger charge is -2.42. The Kier molecular flexibility index (Phi) is 4.32. The van der Waals surface area contributed by atoms with Gasteiger partial charge in [0.05, 0.1) is 17.3 Å². The maximum Gasteiger partial charge on any atom is 0.0777 e. The molecule has 18 heavy (non-hydrogen) atoms. The molecule has 0 saturated carbocycles. The number of piperidine rings is 1. The second-order valence-electron chi connectivity index (χ2n) is 5.23. The van der Waals surface area contributed by atoms with E-state index in [1.165, 1.54) is 0 Å². The van der Waals surface area contributed by atoms with E-state index >= 15 is 0 Å². The molecule has 0 aromatic carbocycles. The third-order valence-corrected chi connectivity index (χ3v) is 3.87. The van der Waals surface area contributed by atoms with Crippen LogP contribution in [-0.2, 0) is 4.74 Å². The van der Waals surface area contributed by atoms with Gasteiger partial charge in [-0.25, -0.2) is 0 Å². The average molecular weight is 249 g/mol. The molecule has 1 aliphatic rings. The summed E-state index contributed by atoms with van der Waals surface area (Å²) < 4.78 is 5.64. The van der Waals surface area contributed by atoms with Crippen molar-refractivity contribution in [2.45, 2.75) is 31.4 Å². The number of hydrogen-bond donors (Lipinski definition) is 1. The fraction of sp³-hybridized carbons (Fsp3) is 0.643. The van der Waals surface area contributed by atoms with E-state index in [2.05, 4.69) is 22.9 Å². The number of hydrogen-bond acceptors (Lipinski definition) is 4. The van der Waals surface area contributed by atoms with Crippen LogP contribution in [0, 0.1) is 0 Å². The molecule has 1 saturated heterocycles. The average Bonchev–Trinajstić information content (AvgIpc) is 2.41. The van der Waals surface area contributed by atoms with E-state index in [1.54, 1.807) is 7.11 Å². The van der Waals surface area contributed by atoms with Gasteiger partial charge in [-0.1, -0.05) is 6.07 Å². The summed E-state index contributed by atoms with van der Waals surface area (Å²) in [6.45, 7) is 4.75. The van der Waals surface area contributed by atoms with E-state index in [0.29, 0.717) is 6.54 Å². The lowest BCUT2D eigenvalue weighted by molar-refractivity contribution is -0.0612. The largest absolute Gasteiger partial charge is 0.377 e. The van der Waals surface area contributed by atoms with Gasteiger partial charge in [-0.05, 0) is 38.4 Å². The molecule has 4 heteroatoms. The lowest BCUT2D eigenvalue weighted by atomic mass is 9.93. The van der Waals surface area contributed by atoms with Crippen LogP contribution in [0.2, 0.25) is 0 Å². The zero-order valence-electron chi connectivity index (χ0n) is 11.3. The Morgan fingerprint density at radius 1 is 1.56 bits per heavy atom. The van der Waals surface area contributed by atoms with Crippen molar-refractivity contribution >= 4 is 0 Å². The van der Waals surface area contributed by atoms with Gasteiger partial charge in [0, 0.05) is 26.4 Å². The summed E-state index contributed by atoms with van der Waals surface area (Å²) in [5.74, 6) is 0. The first kappa shape index (κ1) is 13.5. The van der Waals surface area contributed by atoms with Crippen molar-refractivity contribution < 1.29 is 4.74 Å². The van der Waals surface area contributed by atoms with Gasteiger partial charge in [-0.2, -0.15) is 0 Å². The molecular formula is C14H23N3O. The molecule has 4 nitrogen and oxygen atoms in total. The van der Waals surface area contributed by atoms with E-state index in [1.807, 2.05) is 18.3 Å². The van der Waals surface area contributed by atoms with Gasteiger partial charge in [-0.3, -0.25) is 9.88 Å². The Bertz CT molecular complexity index is 371. The van der Waals surface area contributed by atoms with Crippen molar-refractivity contribution in [3.8, 4) is 0 Å². The maximum absolute atomic E-state index is 5.94. The van der Waals surface area contributed by atoms with Crippen molar-refractivity contribution in [2.75, 3.05) is 26.7 Å². The van der Waals surface area contributed by atoms with Gasteiger partial charge >= 0.3 is 0 Å². The summed E-state index contributed by atoms with van der Waals surface area (Å²) in [5, 5.41) is 0. The molecule has 0 spiro atoms. The highest BCUT2D eigenvalue weighted by Crippen LogP contribution is 2.29. The van der Waals surface area contributed by atoms with Gasteiger partial charge in [0.2, 0.25) is 0 Å². The highest BCUT2D eigenvalue weighted by Gasteiger charge is 2.34. The Balaban J connectivity index is 2.13. The minimum atomic E-state index is -0.0551. The summed E-state index contributed by atoms with van der Waals surface area (Å²) in [7, 11) is 1.79. The quantitative estimate of drug-likeness (QED) is 0.880. The molecule has 1 fully saturated rings. The number of nitrogens with two attached hydrogens (primary N) is 1. The van der Waals surface area contributed by atoms with Gasteiger partial charge < -0.3 is 10.5 Å². The lowest BCUT2D eigenvalue weighted by Crippen LogP contribution is -2.50. The van der Waals surface area contributed by atoms with Crippen LogP contribution in [0.5, 0.6) is 0 Å².